The van der Waals surface area contributed by atoms with Crippen LogP contribution < -0.4 is 0 Å². The van der Waals surface area contributed by atoms with Gasteiger partial charge in [0, 0.05) is 23.8 Å². The molecule has 1 aliphatic heterocycles. The summed E-state index contributed by atoms with van der Waals surface area (Å²) in [5.74, 6) is 0.286. The molecule has 110 valence electrons. The van der Waals surface area contributed by atoms with Crippen molar-refractivity contribution in [2.75, 3.05) is 5.75 Å². The van der Waals surface area contributed by atoms with Gasteiger partial charge in [0.05, 0.1) is 0 Å². The SMILES string of the molecule is CCCCC(=O)N(O)C(=O)CCCCC1CCSS1. The van der Waals surface area contributed by atoms with Crippen LogP contribution in [0.15, 0.2) is 0 Å². The Morgan fingerprint density at radius 1 is 1.21 bits per heavy atom. The van der Waals surface area contributed by atoms with E-state index in [0.29, 0.717) is 11.5 Å². The first-order valence-electron chi connectivity index (χ1n) is 6.98. The number of hydroxylamine groups is 2. The molecule has 0 aliphatic carbocycles. The van der Waals surface area contributed by atoms with Crippen LogP contribution in [0.25, 0.3) is 0 Å². The number of nitrogens with zero attached hydrogens (tertiary/aromatic N) is 1. The van der Waals surface area contributed by atoms with Crippen molar-refractivity contribution in [1.82, 2.24) is 5.06 Å². The van der Waals surface area contributed by atoms with E-state index in [2.05, 4.69) is 0 Å². The Kier molecular flexibility index (Phi) is 8.57. The lowest BCUT2D eigenvalue weighted by Crippen LogP contribution is -2.33. The molecule has 0 radical (unpaired) electrons. The van der Waals surface area contributed by atoms with Crippen molar-refractivity contribution in [1.29, 1.82) is 0 Å². The van der Waals surface area contributed by atoms with Gasteiger partial charge in [0.25, 0.3) is 11.8 Å². The zero-order valence-corrected chi connectivity index (χ0v) is 13.1. The number of imide groups is 1. The normalized spacial score (nSPS) is 18.5. The van der Waals surface area contributed by atoms with E-state index in [0.717, 1.165) is 30.9 Å². The second kappa shape index (κ2) is 9.66. The first-order valence-corrected chi connectivity index (χ1v) is 9.36. The fourth-order valence-electron chi connectivity index (χ4n) is 1.89. The van der Waals surface area contributed by atoms with Gasteiger partial charge in [0.2, 0.25) is 0 Å². The van der Waals surface area contributed by atoms with Gasteiger partial charge in [-0.15, -0.1) is 0 Å². The Hall–Kier alpha value is -0.200. The maximum atomic E-state index is 11.6. The smallest absolute Gasteiger partial charge is 0.253 e. The van der Waals surface area contributed by atoms with Crippen LogP contribution in [-0.2, 0) is 9.59 Å². The van der Waals surface area contributed by atoms with Crippen molar-refractivity contribution in [3.63, 3.8) is 0 Å². The van der Waals surface area contributed by atoms with E-state index < -0.39 is 11.8 Å². The molecule has 0 aromatic heterocycles. The largest absolute Gasteiger partial charge is 0.279 e. The van der Waals surface area contributed by atoms with Crippen LogP contribution in [0.5, 0.6) is 0 Å². The van der Waals surface area contributed by atoms with Crippen molar-refractivity contribution >= 4 is 33.4 Å². The Bertz CT molecular complexity index is 294. The minimum atomic E-state index is -0.477. The summed E-state index contributed by atoms with van der Waals surface area (Å²) in [5, 5.41) is 10.5. The first-order chi connectivity index (χ1) is 9.15. The molecule has 0 aromatic rings. The highest BCUT2D eigenvalue weighted by molar-refractivity contribution is 8.77. The number of amides is 2. The van der Waals surface area contributed by atoms with Gasteiger partial charge in [-0.1, -0.05) is 41.4 Å². The Morgan fingerprint density at radius 3 is 2.47 bits per heavy atom. The second-order valence-electron chi connectivity index (χ2n) is 4.78. The van der Waals surface area contributed by atoms with Gasteiger partial charge in [-0.05, 0) is 25.7 Å². The topological polar surface area (TPSA) is 57.6 Å². The van der Waals surface area contributed by atoms with E-state index in [-0.39, 0.29) is 12.8 Å². The molecule has 1 atom stereocenters. The predicted molar refractivity (Wildman–Crippen MR) is 80.1 cm³/mol. The number of hydrogen-bond acceptors (Lipinski definition) is 5. The van der Waals surface area contributed by atoms with E-state index >= 15 is 0 Å². The number of hydrogen-bond donors (Lipinski definition) is 1. The number of carbonyl (C=O) groups is 2. The van der Waals surface area contributed by atoms with E-state index in [9.17, 15) is 14.8 Å². The monoisotopic (exact) mass is 305 g/mol. The number of unbranched alkanes of at least 4 members (excludes halogenated alkanes) is 2. The molecule has 6 heteroatoms. The predicted octanol–water partition coefficient (Wildman–Crippen LogP) is 3.64. The van der Waals surface area contributed by atoms with Gasteiger partial charge in [-0.25, -0.2) is 0 Å². The third-order valence-electron chi connectivity index (χ3n) is 3.11. The summed E-state index contributed by atoms with van der Waals surface area (Å²) in [5.41, 5.74) is 0. The van der Waals surface area contributed by atoms with E-state index in [1.807, 2.05) is 28.5 Å². The molecule has 19 heavy (non-hydrogen) atoms. The summed E-state index contributed by atoms with van der Waals surface area (Å²) in [6.07, 6.45) is 6.21. The molecule has 1 aliphatic rings. The van der Waals surface area contributed by atoms with Crippen molar-refractivity contribution in [3.8, 4) is 0 Å². The van der Waals surface area contributed by atoms with Crippen LogP contribution in [0, 0.1) is 0 Å². The molecule has 0 bridgehead atoms. The van der Waals surface area contributed by atoms with Gasteiger partial charge in [0.15, 0.2) is 0 Å². The Morgan fingerprint density at radius 2 is 1.89 bits per heavy atom. The van der Waals surface area contributed by atoms with Crippen LogP contribution in [0.2, 0.25) is 0 Å². The lowest BCUT2D eigenvalue weighted by Gasteiger charge is -2.13. The summed E-state index contributed by atoms with van der Waals surface area (Å²) in [7, 11) is 3.86. The Balaban J connectivity index is 2.10. The van der Waals surface area contributed by atoms with Crippen molar-refractivity contribution in [2.45, 2.75) is 63.5 Å². The molecular weight excluding hydrogens is 282 g/mol. The zero-order chi connectivity index (χ0) is 14.1. The van der Waals surface area contributed by atoms with Crippen molar-refractivity contribution in [3.05, 3.63) is 0 Å². The Labute approximate surface area is 123 Å². The van der Waals surface area contributed by atoms with Crippen molar-refractivity contribution < 1.29 is 14.8 Å². The molecule has 1 rings (SSSR count). The average molecular weight is 305 g/mol. The molecular formula is C13H23NO3S2. The molecule has 0 spiro atoms. The summed E-state index contributed by atoms with van der Waals surface area (Å²) in [4.78, 5) is 23.0. The molecule has 2 amide bonds. The number of rotatable bonds is 8. The van der Waals surface area contributed by atoms with Gasteiger partial charge in [-0.2, -0.15) is 5.06 Å². The van der Waals surface area contributed by atoms with Gasteiger partial charge < -0.3 is 0 Å². The maximum Gasteiger partial charge on any atom is 0.253 e. The highest BCUT2D eigenvalue weighted by Gasteiger charge is 2.19. The minimum Gasteiger partial charge on any atom is -0.279 e. The maximum absolute atomic E-state index is 11.6. The number of carbonyl (C=O) groups excluding carboxylic acids is 2. The third kappa shape index (κ3) is 6.68. The van der Waals surface area contributed by atoms with Crippen molar-refractivity contribution in [2.24, 2.45) is 0 Å². The van der Waals surface area contributed by atoms with Crippen LogP contribution in [0.4, 0.5) is 0 Å². The molecule has 1 unspecified atom stereocenters. The van der Waals surface area contributed by atoms with Gasteiger partial charge in [0.1, 0.15) is 0 Å². The molecule has 0 aromatic carbocycles. The van der Waals surface area contributed by atoms with E-state index in [4.69, 9.17) is 0 Å². The highest BCUT2D eigenvalue weighted by Crippen LogP contribution is 2.39. The lowest BCUT2D eigenvalue weighted by molar-refractivity contribution is -0.179. The molecule has 1 N–H and O–H groups in total. The molecule has 4 nitrogen and oxygen atoms in total. The standard InChI is InChI=1S/C13H23NO3S2/c1-2-3-7-12(15)14(17)13(16)8-5-4-6-11-9-10-18-19-11/h11,17H,2-10H2,1H3. The van der Waals surface area contributed by atoms with Crippen LogP contribution >= 0.6 is 21.6 Å². The van der Waals surface area contributed by atoms with E-state index in [1.165, 1.54) is 12.2 Å². The summed E-state index contributed by atoms with van der Waals surface area (Å²) < 4.78 is 0. The first kappa shape index (κ1) is 16.9. The summed E-state index contributed by atoms with van der Waals surface area (Å²) in [6, 6.07) is 0. The van der Waals surface area contributed by atoms with Crippen LogP contribution in [0.1, 0.15) is 58.3 Å². The second-order valence-corrected chi connectivity index (χ2v) is 7.57. The summed E-state index contributed by atoms with van der Waals surface area (Å²) in [6.45, 7) is 1.97. The fraction of sp³-hybridized carbons (Fsp3) is 0.846. The van der Waals surface area contributed by atoms with E-state index in [1.54, 1.807) is 0 Å². The lowest BCUT2D eigenvalue weighted by atomic mass is 10.1. The molecule has 1 saturated heterocycles. The quantitative estimate of drug-likeness (QED) is 0.321. The molecule has 1 fully saturated rings. The van der Waals surface area contributed by atoms with Crippen LogP contribution in [0.3, 0.4) is 0 Å². The third-order valence-corrected chi connectivity index (χ3v) is 6.12. The minimum absolute atomic E-state index is 0.245. The highest BCUT2D eigenvalue weighted by atomic mass is 33.1. The zero-order valence-electron chi connectivity index (χ0n) is 11.5. The molecule has 0 saturated carbocycles. The fourth-order valence-corrected chi connectivity index (χ4v) is 4.92. The van der Waals surface area contributed by atoms with Gasteiger partial charge >= 0.3 is 0 Å². The van der Waals surface area contributed by atoms with Gasteiger partial charge in [-0.3, -0.25) is 14.8 Å². The molecule has 1 heterocycles. The average Bonchev–Trinajstić information content (AvgIpc) is 2.92. The summed E-state index contributed by atoms with van der Waals surface area (Å²) >= 11 is 0. The van der Waals surface area contributed by atoms with Crippen LogP contribution in [-0.4, -0.2) is 33.1 Å².